The number of esters is 5. The average Bonchev–Trinajstić information content (AvgIpc) is 3.30. The van der Waals surface area contributed by atoms with E-state index in [1.807, 2.05) is 0 Å². The maximum atomic E-state index is 14.4. The molecule has 280 valence electrons. The molecule has 9 atom stereocenters. The second-order valence-electron chi connectivity index (χ2n) is 14.8. The number of aliphatic hydroxyl groups is 1. The molecular weight excluding hydrogens is 662 g/mol. The third-order valence-electron chi connectivity index (χ3n) is 9.31. The first-order valence-electron chi connectivity index (χ1n) is 17.1. The molecule has 1 heterocycles. The Morgan fingerprint density at radius 1 is 0.882 bits per heavy atom. The molecule has 0 amide bonds. The minimum atomic E-state index is -2.24. The highest BCUT2D eigenvalue weighted by atomic mass is 16.6. The highest BCUT2D eigenvalue weighted by molar-refractivity contribution is 5.92. The van der Waals surface area contributed by atoms with Crippen molar-refractivity contribution in [2.45, 2.75) is 112 Å². The van der Waals surface area contributed by atoms with Crippen molar-refractivity contribution in [1.82, 2.24) is 4.98 Å². The number of carbonyl (C=O) groups excluding carboxylic acids is 6. The van der Waals surface area contributed by atoms with Gasteiger partial charge in [0.25, 0.3) is 0 Å². The van der Waals surface area contributed by atoms with Crippen LogP contribution >= 0.6 is 0 Å². The van der Waals surface area contributed by atoms with E-state index in [0.717, 1.165) is 13.8 Å². The lowest BCUT2D eigenvalue weighted by atomic mass is 9.72. The zero-order chi connectivity index (χ0) is 38.6. The molecule has 0 aliphatic heterocycles. The largest absolute Gasteiger partial charge is 0.461 e. The van der Waals surface area contributed by atoms with Gasteiger partial charge in [-0.25, -0.2) is 4.79 Å². The number of ether oxygens (including phenoxy) is 5. The normalized spacial score (nSPS) is 31.4. The number of Topliss-reactive ketones (excluding diaryl/α,β-unsaturated/α-hetero) is 1. The van der Waals surface area contributed by atoms with Crippen LogP contribution in [0.25, 0.3) is 0 Å². The summed E-state index contributed by atoms with van der Waals surface area (Å²) < 4.78 is 29.7. The fourth-order valence-corrected chi connectivity index (χ4v) is 6.60. The number of ketones is 1. The van der Waals surface area contributed by atoms with Gasteiger partial charge in [-0.05, 0) is 24.5 Å². The molecule has 0 aromatic carbocycles. The molecule has 3 rings (SSSR count). The van der Waals surface area contributed by atoms with Crippen LogP contribution in [0.15, 0.2) is 48.8 Å². The first-order chi connectivity index (χ1) is 23.6. The zero-order valence-corrected chi connectivity index (χ0v) is 31.0. The SMILES string of the molecule is C=C1[C@H](OC(=O)C(C)C)[C@@H](OC(C)=O)[C@@H](OC(=O)c2cccnc2)C(C)(C)/C=C/[C@H](C)C(=O)[C@@]2(O)C[C@H](C)[C@H](OC(=O)C(C)C)[C@@H]2[C@H]1OC(C)=O. The molecule has 0 unspecified atom stereocenters. The van der Waals surface area contributed by atoms with Crippen LogP contribution in [0.4, 0.5) is 0 Å². The van der Waals surface area contributed by atoms with E-state index in [4.69, 9.17) is 23.7 Å². The minimum absolute atomic E-state index is 0.0701. The number of hydrogen-bond donors (Lipinski definition) is 1. The number of pyridine rings is 1. The predicted molar refractivity (Wildman–Crippen MR) is 182 cm³/mol. The molecule has 13 nitrogen and oxygen atoms in total. The summed E-state index contributed by atoms with van der Waals surface area (Å²) in [5.74, 6) is -8.95. The van der Waals surface area contributed by atoms with Crippen LogP contribution in [-0.2, 0) is 47.7 Å². The molecule has 0 saturated heterocycles. The summed E-state index contributed by atoms with van der Waals surface area (Å²) in [5.41, 5.74) is -3.64. The number of rotatable bonds is 8. The van der Waals surface area contributed by atoms with Crippen LogP contribution in [0.2, 0.25) is 0 Å². The lowest BCUT2D eigenvalue weighted by molar-refractivity contribution is -0.186. The van der Waals surface area contributed by atoms with E-state index in [-0.39, 0.29) is 17.6 Å². The van der Waals surface area contributed by atoms with Gasteiger partial charge >= 0.3 is 29.8 Å². The Morgan fingerprint density at radius 2 is 1.47 bits per heavy atom. The molecule has 2 aliphatic rings. The van der Waals surface area contributed by atoms with Gasteiger partial charge in [-0.3, -0.25) is 29.0 Å². The lowest BCUT2D eigenvalue weighted by Crippen LogP contribution is -2.58. The molecule has 1 saturated carbocycles. The van der Waals surface area contributed by atoms with Gasteiger partial charge in [0.05, 0.1) is 23.3 Å². The van der Waals surface area contributed by atoms with Crippen molar-refractivity contribution >= 4 is 35.6 Å². The van der Waals surface area contributed by atoms with Crippen molar-refractivity contribution in [3.63, 3.8) is 0 Å². The van der Waals surface area contributed by atoms with Gasteiger partial charge in [-0.15, -0.1) is 0 Å². The van der Waals surface area contributed by atoms with Gasteiger partial charge in [0.15, 0.2) is 24.1 Å². The summed E-state index contributed by atoms with van der Waals surface area (Å²) in [4.78, 5) is 84.1. The zero-order valence-electron chi connectivity index (χ0n) is 31.0. The molecule has 51 heavy (non-hydrogen) atoms. The van der Waals surface area contributed by atoms with E-state index in [9.17, 15) is 33.9 Å². The second kappa shape index (κ2) is 16.3. The van der Waals surface area contributed by atoms with Crippen molar-refractivity contribution in [2.75, 3.05) is 0 Å². The predicted octanol–water partition coefficient (Wildman–Crippen LogP) is 4.35. The first kappa shape index (κ1) is 41.0. The van der Waals surface area contributed by atoms with Gasteiger partial charge in [-0.2, -0.15) is 0 Å². The van der Waals surface area contributed by atoms with E-state index in [1.165, 1.54) is 30.6 Å². The van der Waals surface area contributed by atoms with Crippen molar-refractivity contribution in [3.8, 4) is 0 Å². The summed E-state index contributed by atoms with van der Waals surface area (Å²) in [7, 11) is 0. The average molecular weight is 714 g/mol. The maximum absolute atomic E-state index is 14.4. The van der Waals surface area contributed by atoms with Crippen molar-refractivity contribution in [1.29, 1.82) is 0 Å². The standard InChI is InChI=1S/C38H51NO12/c1-19(2)34(43)49-28-22(6)17-38(46)27(28)29(47-24(8)40)23(7)30(50-35(44)20(3)4)31(48-25(9)41)33(37(10,11)15-14-21(5)32(38)42)51-36(45)26-13-12-16-39-18-26/h12-16,18-22,27-31,33,46H,7,17H2,1-6,8-11H3/b15-14+/t21-,22-,27+,28-,29-,30-,31+,33+,38+/m0/s1. The number of carbonyl (C=O) groups is 6. The Morgan fingerprint density at radius 3 is 2.00 bits per heavy atom. The fourth-order valence-electron chi connectivity index (χ4n) is 6.60. The number of aromatic nitrogens is 1. The molecule has 1 aromatic rings. The Bertz CT molecular complexity index is 1530. The maximum Gasteiger partial charge on any atom is 0.340 e. The van der Waals surface area contributed by atoms with Crippen LogP contribution in [0.5, 0.6) is 0 Å². The van der Waals surface area contributed by atoms with E-state index in [2.05, 4.69) is 11.6 Å². The highest BCUT2D eigenvalue weighted by Gasteiger charge is 2.63. The Labute approximate surface area is 299 Å². The molecule has 0 bridgehead atoms. The molecule has 13 heteroatoms. The molecule has 1 aromatic heterocycles. The Balaban J connectivity index is 2.43. The highest BCUT2D eigenvalue weighted by Crippen LogP contribution is 2.49. The smallest absolute Gasteiger partial charge is 0.340 e. The van der Waals surface area contributed by atoms with E-state index in [1.54, 1.807) is 61.5 Å². The summed E-state index contributed by atoms with van der Waals surface area (Å²) in [6, 6.07) is 3.01. The van der Waals surface area contributed by atoms with Crippen molar-refractivity contribution in [2.24, 2.45) is 35.0 Å². The van der Waals surface area contributed by atoms with E-state index in [0.29, 0.717) is 0 Å². The third-order valence-corrected chi connectivity index (χ3v) is 9.31. The third kappa shape index (κ3) is 9.29. The summed E-state index contributed by atoms with van der Waals surface area (Å²) >= 11 is 0. The molecular formula is C38H51NO12. The van der Waals surface area contributed by atoms with Crippen LogP contribution < -0.4 is 0 Å². The summed E-state index contributed by atoms with van der Waals surface area (Å²) in [6.07, 6.45) is -1.87. The topological polar surface area (TPSA) is 182 Å². The van der Waals surface area contributed by atoms with Crippen LogP contribution in [0.3, 0.4) is 0 Å². The van der Waals surface area contributed by atoms with E-state index < -0.39 is 107 Å². The molecule has 1 N–H and O–H groups in total. The first-order valence-corrected chi connectivity index (χ1v) is 17.1. The van der Waals surface area contributed by atoms with Crippen molar-refractivity contribution in [3.05, 3.63) is 54.4 Å². The Kier molecular flexibility index (Phi) is 13.1. The van der Waals surface area contributed by atoms with Gasteiger partial charge in [-0.1, -0.05) is 74.1 Å². The number of fused-ring (bicyclic) bond motifs is 1. The number of allylic oxidation sites excluding steroid dienone is 1. The summed E-state index contributed by atoms with van der Waals surface area (Å²) in [6.45, 7) is 19.4. The van der Waals surface area contributed by atoms with Gasteiger partial charge in [0.1, 0.15) is 17.8 Å². The second-order valence-corrected chi connectivity index (χ2v) is 14.8. The van der Waals surface area contributed by atoms with Crippen LogP contribution in [-0.4, -0.2) is 81.8 Å². The molecule has 0 spiro atoms. The number of nitrogens with zero attached hydrogens (tertiary/aromatic N) is 1. The van der Waals surface area contributed by atoms with Crippen LogP contribution in [0.1, 0.15) is 86.0 Å². The van der Waals surface area contributed by atoms with Gasteiger partial charge in [0, 0.05) is 43.1 Å². The molecule has 0 radical (unpaired) electrons. The molecule has 1 fully saturated rings. The number of hydrogen-bond acceptors (Lipinski definition) is 13. The quantitative estimate of drug-likeness (QED) is 0.228. The Hall–Kier alpha value is -4.39. The monoisotopic (exact) mass is 713 g/mol. The summed E-state index contributed by atoms with van der Waals surface area (Å²) in [5, 5.41) is 12.4. The molecule has 2 aliphatic carbocycles. The van der Waals surface area contributed by atoms with Crippen molar-refractivity contribution < 1.29 is 57.6 Å². The van der Waals surface area contributed by atoms with Gasteiger partial charge < -0.3 is 28.8 Å². The lowest BCUT2D eigenvalue weighted by Gasteiger charge is -2.44. The van der Waals surface area contributed by atoms with E-state index >= 15 is 0 Å². The van der Waals surface area contributed by atoms with Crippen LogP contribution in [0, 0.1) is 35.0 Å². The fraction of sp³-hybridized carbons (Fsp3) is 0.605. The minimum Gasteiger partial charge on any atom is -0.461 e. The van der Waals surface area contributed by atoms with Gasteiger partial charge in [0.2, 0.25) is 0 Å².